The van der Waals surface area contributed by atoms with Crippen LogP contribution in [0.4, 0.5) is 0 Å². The van der Waals surface area contributed by atoms with Gasteiger partial charge in [0.2, 0.25) is 0 Å². The summed E-state index contributed by atoms with van der Waals surface area (Å²) in [4.78, 5) is 0. The Labute approximate surface area is 108 Å². The first kappa shape index (κ1) is 12.7. The second kappa shape index (κ2) is 6.22. The van der Waals surface area contributed by atoms with Crippen LogP contribution in [0.5, 0.6) is 5.75 Å². The van der Waals surface area contributed by atoms with Crippen molar-refractivity contribution in [2.75, 3.05) is 6.61 Å². The lowest BCUT2D eigenvalue weighted by molar-refractivity contribution is 0.334. The Bertz CT molecular complexity index is 481. The van der Waals surface area contributed by atoms with Crippen molar-refractivity contribution in [3.63, 3.8) is 0 Å². The van der Waals surface area contributed by atoms with Gasteiger partial charge in [0, 0.05) is 11.6 Å². The van der Waals surface area contributed by atoms with Gasteiger partial charge in [-0.05, 0) is 25.0 Å². The zero-order valence-corrected chi connectivity index (χ0v) is 10.7. The van der Waals surface area contributed by atoms with Crippen LogP contribution in [0.3, 0.4) is 0 Å². The number of hydrogen-bond acceptors (Lipinski definition) is 2. The molecule has 0 spiro atoms. The number of hydrogen-bond donors (Lipinski definition) is 1. The Kier molecular flexibility index (Phi) is 4.37. The molecule has 0 heterocycles. The van der Waals surface area contributed by atoms with Crippen molar-refractivity contribution in [2.45, 2.75) is 19.4 Å². The van der Waals surface area contributed by atoms with E-state index in [0.29, 0.717) is 6.61 Å². The molecule has 2 heteroatoms. The lowest BCUT2D eigenvalue weighted by Gasteiger charge is -2.16. The first-order valence-corrected chi connectivity index (χ1v) is 6.32. The molecule has 2 aromatic rings. The minimum absolute atomic E-state index is 0.0323. The molecule has 0 aromatic heterocycles. The molecular formula is C16H19NO. The third kappa shape index (κ3) is 3.11. The summed E-state index contributed by atoms with van der Waals surface area (Å²) in [6.45, 7) is 2.65. The Balaban J connectivity index is 2.16. The fraction of sp³-hybridized carbons (Fsp3) is 0.250. The van der Waals surface area contributed by atoms with Crippen molar-refractivity contribution in [3.05, 3.63) is 65.7 Å². The van der Waals surface area contributed by atoms with E-state index in [-0.39, 0.29) is 6.04 Å². The molecule has 2 nitrogen and oxygen atoms in total. The van der Waals surface area contributed by atoms with Crippen LogP contribution in [-0.2, 0) is 6.42 Å². The molecule has 0 radical (unpaired) electrons. The largest absolute Gasteiger partial charge is 0.494 e. The second-order valence-corrected chi connectivity index (χ2v) is 4.27. The van der Waals surface area contributed by atoms with Gasteiger partial charge in [0.15, 0.2) is 0 Å². The number of ether oxygens (including phenoxy) is 1. The van der Waals surface area contributed by atoms with Crippen molar-refractivity contribution in [1.82, 2.24) is 0 Å². The summed E-state index contributed by atoms with van der Waals surface area (Å²) < 4.78 is 5.62. The Hall–Kier alpha value is -1.80. The molecule has 94 valence electrons. The van der Waals surface area contributed by atoms with Crippen molar-refractivity contribution in [3.8, 4) is 5.75 Å². The molecule has 18 heavy (non-hydrogen) atoms. The third-order valence-electron chi connectivity index (χ3n) is 2.92. The van der Waals surface area contributed by atoms with Crippen LogP contribution in [0, 0.1) is 0 Å². The minimum Gasteiger partial charge on any atom is -0.494 e. The Morgan fingerprint density at radius 3 is 2.39 bits per heavy atom. The molecule has 0 fully saturated rings. The number of benzene rings is 2. The fourth-order valence-corrected chi connectivity index (χ4v) is 2.05. The highest BCUT2D eigenvalue weighted by atomic mass is 16.5. The van der Waals surface area contributed by atoms with E-state index >= 15 is 0 Å². The van der Waals surface area contributed by atoms with Crippen molar-refractivity contribution >= 4 is 0 Å². The highest BCUT2D eigenvalue weighted by Crippen LogP contribution is 2.25. The van der Waals surface area contributed by atoms with Gasteiger partial charge in [0.1, 0.15) is 5.75 Å². The van der Waals surface area contributed by atoms with Gasteiger partial charge in [-0.15, -0.1) is 0 Å². The standard InChI is InChI=1S/C16H19NO/c1-2-18-16-11-7-6-10-14(16)15(17)12-13-8-4-3-5-9-13/h3-11,15H,2,12,17H2,1H3. The molecule has 0 amide bonds. The van der Waals surface area contributed by atoms with E-state index in [1.54, 1.807) is 0 Å². The normalized spacial score (nSPS) is 12.1. The first-order valence-electron chi connectivity index (χ1n) is 6.32. The number of nitrogens with two attached hydrogens (primary N) is 1. The van der Waals surface area contributed by atoms with Gasteiger partial charge in [-0.25, -0.2) is 0 Å². The molecule has 0 saturated carbocycles. The summed E-state index contributed by atoms with van der Waals surface area (Å²) in [5, 5.41) is 0. The summed E-state index contributed by atoms with van der Waals surface area (Å²) in [6.07, 6.45) is 0.824. The van der Waals surface area contributed by atoms with E-state index in [1.807, 2.05) is 49.4 Å². The maximum absolute atomic E-state index is 6.28. The highest BCUT2D eigenvalue weighted by molar-refractivity contribution is 5.36. The van der Waals surface area contributed by atoms with E-state index < -0.39 is 0 Å². The monoisotopic (exact) mass is 241 g/mol. The van der Waals surface area contributed by atoms with Gasteiger partial charge in [0.05, 0.1) is 6.61 Å². The summed E-state index contributed by atoms with van der Waals surface area (Å²) >= 11 is 0. The van der Waals surface area contributed by atoms with Gasteiger partial charge >= 0.3 is 0 Å². The summed E-state index contributed by atoms with van der Waals surface area (Å²) in [5.74, 6) is 0.892. The van der Waals surface area contributed by atoms with E-state index in [0.717, 1.165) is 17.7 Å². The predicted octanol–water partition coefficient (Wildman–Crippen LogP) is 3.33. The zero-order chi connectivity index (χ0) is 12.8. The molecule has 0 bridgehead atoms. The molecule has 0 aliphatic rings. The lowest BCUT2D eigenvalue weighted by Crippen LogP contribution is -2.14. The van der Waals surface area contributed by atoms with Gasteiger partial charge in [0.25, 0.3) is 0 Å². The first-order chi connectivity index (χ1) is 8.81. The molecule has 0 aliphatic heterocycles. The molecule has 2 rings (SSSR count). The summed E-state index contributed by atoms with van der Waals surface area (Å²) in [5.41, 5.74) is 8.60. The zero-order valence-electron chi connectivity index (χ0n) is 10.7. The van der Waals surface area contributed by atoms with Crippen LogP contribution in [0.15, 0.2) is 54.6 Å². The molecule has 0 aliphatic carbocycles. The Morgan fingerprint density at radius 2 is 1.67 bits per heavy atom. The van der Waals surface area contributed by atoms with Crippen LogP contribution in [0.2, 0.25) is 0 Å². The SMILES string of the molecule is CCOc1ccccc1C(N)Cc1ccccc1. The molecule has 0 saturated heterocycles. The maximum Gasteiger partial charge on any atom is 0.124 e. The van der Waals surface area contributed by atoms with Crippen LogP contribution >= 0.6 is 0 Å². The third-order valence-corrected chi connectivity index (χ3v) is 2.92. The quantitative estimate of drug-likeness (QED) is 0.871. The summed E-state index contributed by atoms with van der Waals surface area (Å²) in [7, 11) is 0. The molecule has 1 atom stereocenters. The van der Waals surface area contributed by atoms with Crippen molar-refractivity contribution in [2.24, 2.45) is 5.73 Å². The van der Waals surface area contributed by atoms with Crippen LogP contribution in [0.1, 0.15) is 24.1 Å². The van der Waals surface area contributed by atoms with E-state index in [1.165, 1.54) is 5.56 Å². The van der Waals surface area contributed by atoms with Crippen molar-refractivity contribution in [1.29, 1.82) is 0 Å². The maximum atomic E-state index is 6.28. The van der Waals surface area contributed by atoms with Gasteiger partial charge in [-0.3, -0.25) is 0 Å². The number of para-hydroxylation sites is 1. The fourth-order valence-electron chi connectivity index (χ4n) is 2.05. The van der Waals surface area contributed by atoms with Gasteiger partial charge in [-0.1, -0.05) is 48.5 Å². The topological polar surface area (TPSA) is 35.2 Å². The van der Waals surface area contributed by atoms with Gasteiger partial charge in [-0.2, -0.15) is 0 Å². The Morgan fingerprint density at radius 1 is 1.00 bits per heavy atom. The van der Waals surface area contributed by atoms with E-state index in [4.69, 9.17) is 10.5 Å². The minimum atomic E-state index is -0.0323. The van der Waals surface area contributed by atoms with Crippen LogP contribution in [-0.4, -0.2) is 6.61 Å². The van der Waals surface area contributed by atoms with E-state index in [2.05, 4.69) is 12.1 Å². The van der Waals surface area contributed by atoms with Crippen molar-refractivity contribution < 1.29 is 4.74 Å². The predicted molar refractivity (Wildman–Crippen MR) is 74.7 cm³/mol. The van der Waals surface area contributed by atoms with E-state index in [9.17, 15) is 0 Å². The molecular weight excluding hydrogens is 222 g/mol. The molecule has 2 aromatic carbocycles. The van der Waals surface area contributed by atoms with Crippen LogP contribution < -0.4 is 10.5 Å². The summed E-state index contributed by atoms with van der Waals surface area (Å²) in [6, 6.07) is 18.3. The average molecular weight is 241 g/mol. The highest BCUT2D eigenvalue weighted by Gasteiger charge is 2.11. The smallest absolute Gasteiger partial charge is 0.124 e. The molecule has 1 unspecified atom stereocenters. The lowest BCUT2D eigenvalue weighted by atomic mass is 9.99. The molecule has 2 N–H and O–H groups in total. The van der Waals surface area contributed by atoms with Gasteiger partial charge < -0.3 is 10.5 Å². The van der Waals surface area contributed by atoms with Crippen LogP contribution in [0.25, 0.3) is 0 Å². The average Bonchev–Trinajstić information content (AvgIpc) is 2.41. The second-order valence-electron chi connectivity index (χ2n) is 4.27. The number of rotatable bonds is 5.